The number of aryl methyl sites for hydroxylation is 1. The molecule has 2 nitrogen and oxygen atoms in total. The second-order valence-corrected chi connectivity index (χ2v) is 5.54. The molecule has 0 bridgehead atoms. The maximum absolute atomic E-state index is 12.4. The Kier molecular flexibility index (Phi) is 4.07. The minimum atomic E-state index is 0.0251. The maximum atomic E-state index is 12.4. The van der Waals surface area contributed by atoms with Crippen molar-refractivity contribution in [1.82, 2.24) is 0 Å². The summed E-state index contributed by atoms with van der Waals surface area (Å²) in [6, 6.07) is 15.6. The molecule has 2 aromatic rings. The van der Waals surface area contributed by atoms with Gasteiger partial charge in [0.1, 0.15) is 0 Å². The van der Waals surface area contributed by atoms with Crippen molar-refractivity contribution >= 4 is 29.3 Å². The first kappa shape index (κ1) is 13.9. The largest absolute Gasteiger partial charge is 0.309 e. The van der Waals surface area contributed by atoms with Crippen molar-refractivity contribution in [1.29, 1.82) is 0 Å². The van der Waals surface area contributed by atoms with Crippen LogP contribution < -0.4 is 4.90 Å². The summed E-state index contributed by atoms with van der Waals surface area (Å²) in [7, 11) is 0. The highest BCUT2D eigenvalue weighted by Crippen LogP contribution is 2.26. The minimum absolute atomic E-state index is 0.0251. The number of halogens is 1. The summed E-state index contributed by atoms with van der Waals surface area (Å²) in [6.07, 6.45) is 5.51. The normalized spacial score (nSPS) is 14.2. The Balaban J connectivity index is 1.79. The van der Waals surface area contributed by atoms with Gasteiger partial charge in [-0.1, -0.05) is 41.9 Å². The number of carbonyl (C=O) groups is 1. The first-order valence-corrected chi connectivity index (χ1v) is 7.45. The second kappa shape index (κ2) is 6.15. The van der Waals surface area contributed by atoms with Gasteiger partial charge in [-0.2, -0.15) is 0 Å². The van der Waals surface area contributed by atoms with Crippen LogP contribution in [-0.4, -0.2) is 12.5 Å². The number of para-hydroxylation sites is 1. The molecule has 1 aliphatic heterocycles. The van der Waals surface area contributed by atoms with Crippen molar-refractivity contribution in [2.45, 2.75) is 12.8 Å². The van der Waals surface area contributed by atoms with Crippen molar-refractivity contribution < 1.29 is 4.79 Å². The Morgan fingerprint density at radius 2 is 1.86 bits per heavy atom. The second-order valence-electron chi connectivity index (χ2n) is 5.11. The van der Waals surface area contributed by atoms with Gasteiger partial charge in [0.25, 0.3) is 5.91 Å². The zero-order valence-electron chi connectivity index (χ0n) is 11.6. The van der Waals surface area contributed by atoms with E-state index in [4.69, 9.17) is 11.6 Å². The molecule has 3 heteroatoms. The summed E-state index contributed by atoms with van der Waals surface area (Å²) in [5.74, 6) is 0.0251. The Hall–Kier alpha value is -2.06. The van der Waals surface area contributed by atoms with E-state index in [-0.39, 0.29) is 5.91 Å². The molecule has 0 aliphatic carbocycles. The molecule has 0 saturated carbocycles. The SMILES string of the molecule is O=C(/C=C/c1ccc(Cl)cc1)N1CCCc2ccccc21. The van der Waals surface area contributed by atoms with Crippen LogP contribution in [0, 0.1) is 0 Å². The third-order valence-electron chi connectivity index (χ3n) is 3.66. The lowest BCUT2D eigenvalue weighted by Gasteiger charge is -2.28. The highest BCUT2D eigenvalue weighted by Gasteiger charge is 2.20. The van der Waals surface area contributed by atoms with Gasteiger partial charge in [-0.15, -0.1) is 0 Å². The van der Waals surface area contributed by atoms with Crippen molar-refractivity contribution in [3.05, 3.63) is 70.8 Å². The van der Waals surface area contributed by atoms with Crippen LogP contribution in [0.1, 0.15) is 17.5 Å². The van der Waals surface area contributed by atoms with Crippen molar-refractivity contribution in [3.63, 3.8) is 0 Å². The Morgan fingerprint density at radius 1 is 1.10 bits per heavy atom. The van der Waals surface area contributed by atoms with Gasteiger partial charge in [-0.05, 0) is 48.2 Å². The molecule has 0 fully saturated rings. The van der Waals surface area contributed by atoms with Crippen LogP contribution in [0.5, 0.6) is 0 Å². The third-order valence-corrected chi connectivity index (χ3v) is 3.92. The molecule has 0 saturated heterocycles. The third kappa shape index (κ3) is 3.17. The van der Waals surface area contributed by atoms with E-state index in [0.717, 1.165) is 30.6 Å². The summed E-state index contributed by atoms with van der Waals surface area (Å²) in [5.41, 5.74) is 3.25. The van der Waals surface area contributed by atoms with Crippen LogP contribution in [0.25, 0.3) is 6.08 Å². The maximum Gasteiger partial charge on any atom is 0.250 e. The molecule has 3 rings (SSSR count). The predicted octanol–water partition coefficient (Wildman–Crippen LogP) is 4.33. The molecule has 0 spiro atoms. The average Bonchev–Trinajstić information content (AvgIpc) is 2.53. The summed E-state index contributed by atoms with van der Waals surface area (Å²) in [6.45, 7) is 0.779. The fraction of sp³-hybridized carbons (Fsp3) is 0.167. The van der Waals surface area contributed by atoms with Gasteiger partial charge in [-0.3, -0.25) is 4.79 Å². The van der Waals surface area contributed by atoms with Gasteiger partial charge in [0.05, 0.1) is 0 Å². The number of hydrogen-bond acceptors (Lipinski definition) is 1. The molecule has 106 valence electrons. The molecular weight excluding hydrogens is 282 g/mol. The monoisotopic (exact) mass is 297 g/mol. The summed E-state index contributed by atoms with van der Waals surface area (Å²) in [4.78, 5) is 14.3. The van der Waals surface area contributed by atoms with Gasteiger partial charge < -0.3 is 4.90 Å². The smallest absolute Gasteiger partial charge is 0.250 e. The average molecular weight is 298 g/mol. The molecule has 21 heavy (non-hydrogen) atoms. The number of hydrogen-bond donors (Lipinski definition) is 0. The first-order chi connectivity index (χ1) is 10.2. The minimum Gasteiger partial charge on any atom is -0.309 e. The highest BCUT2D eigenvalue weighted by atomic mass is 35.5. The van der Waals surface area contributed by atoms with Crippen LogP contribution >= 0.6 is 11.6 Å². The van der Waals surface area contributed by atoms with Gasteiger partial charge in [0.2, 0.25) is 0 Å². The predicted molar refractivity (Wildman–Crippen MR) is 87.6 cm³/mol. The lowest BCUT2D eigenvalue weighted by atomic mass is 10.0. The van der Waals surface area contributed by atoms with Crippen LogP contribution in [0.3, 0.4) is 0 Å². The Bertz CT molecular complexity index is 676. The quantitative estimate of drug-likeness (QED) is 0.755. The van der Waals surface area contributed by atoms with Gasteiger partial charge >= 0.3 is 0 Å². The molecule has 0 radical (unpaired) electrons. The fourth-order valence-corrected chi connectivity index (χ4v) is 2.72. The number of carbonyl (C=O) groups excluding carboxylic acids is 1. The molecule has 0 N–H and O–H groups in total. The van der Waals surface area contributed by atoms with E-state index in [2.05, 4.69) is 6.07 Å². The molecule has 1 aliphatic rings. The van der Waals surface area contributed by atoms with E-state index < -0.39 is 0 Å². The lowest BCUT2D eigenvalue weighted by Crippen LogP contribution is -2.34. The number of benzene rings is 2. The van der Waals surface area contributed by atoms with E-state index in [1.165, 1.54) is 5.56 Å². The molecule has 1 heterocycles. The number of amides is 1. The van der Waals surface area contributed by atoms with E-state index in [1.54, 1.807) is 6.08 Å². The van der Waals surface area contributed by atoms with E-state index in [1.807, 2.05) is 53.4 Å². The van der Waals surface area contributed by atoms with E-state index in [0.29, 0.717) is 5.02 Å². The van der Waals surface area contributed by atoms with Crippen LogP contribution in [0.2, 0.25) is 5.02 Å². The van der Waals surface area contributed by atoms with Crippen molar-refractivity contribution in [2.24, 2.45) is 0 Å². The van der Waals surface area contributed by atoms with Gasteiger partial charge in [-0.25, -0.2) is 0 Å². The molecule has 2 aromatic carbocycles. The number of nitrogens with zero attached hydrogens (tertiary/aromatic N) is 1. The van der Waals surface area contributed by atoms with Gasteiger partial charge in [0, 0.05) is 23.3 Å². The summed E-state index contributed by atoms with van der Waals surface area (Å²) >= 11 is 5.85. The molecular formula is C18H16ClNO. The van der Waals surface area contributed by atoms with E-state index >= 15 is 0 Å². The molecule has 0 unspecified atom stereocenters. The molecule has 0 atom stereocenters. The van der Waals surface area contributed by atoms with Crippen molar-refractivity contribution in [3.8, 4) is 0 Å². The zero-order valence-corrected chi connectivity index (χ0v) is 12.4. The fourth-order valence-electron chi connectivity index (χ4n) is 2.59. The first-order valence-electron chi connectivity index (χ1n) is 7.07. The summed E-state index contributed by atoms with van der Waals surface area (Å²) < 4.78 is 0. The van der Waals surface area contributed by atoms with Crippen LogP contribution in [0.4, 0.5) is 5.69 Å². The lowest BCUT2D eigenvalue weighted by molar-refractivity contribution is -0.114. The van der Waals surface area contributed by atoms with Gasteiger partial charge in [0.15, 0.2) is 0 Å². The Morgan fingerprint density at radius 3 is 2.67 bits per heavy atom. The topological polar surface area (TPSA) is 20.3 Å². The Labute approximate surface area is 129 Å². The zero-order chi connectivity index (χ0) is 14.7. The summed E-state index contributed by atoms with van der Waals surface area (Å²) in [5, 5.41) is 0.698. The highest BCUT2D eigenvalue weighted by molar-refractivity contribution is 6.30. The van der Waals surface area contributed by atoms with E-state index in [9.17, 15) is 4.79 Å². The number of anilines is 1. The number of rotatable bonds is 2. The van der Waals surface area contributed by atoms with Crippen molar-refractivity contribution in [2.75, 3.05) is 11.4 Å². The van der Waals surface area contributed by atoms with Crippen LogP contribution in [-0.2, 0) is 11.2 Å². The molecule has 1 amide bonds. The standard InChI is InChI=1S/C18H16ClNO/c19-16-10-7-14(8-11-16)9-12-18(21)20-13-3-5-15-4-1-2-6-17(15)20/h1-2,4,6-12H,3,5,13H2/b12-9+. The number of fused-ring (bicyclic) bond motifs is 1. The molecule has 0 aromatic heterocycles. The van der Waals surface area contributed by atoms with Crippen LogP contribution in [0.15, 0.2) is 54.6 Å².